The average molecular weight is 228 g/mol. The molecule has 0 spiro atoms. The van der Waals surface area contributed by atoms with E-state index in [1.54, 1.807) is 5.38 Å². The number of carbonyl (C=O) groups excluding carboxylic acids is 2. The summed E-state index contributed by atoms with van der Waals surface area (Å²) in [6.07, 6.45) is 0. The van der Waals surface area contributed by atoms with Crippen LogP contribution in [0.2, 0.25) is 0 Å². The van der Waals surface area contributed by atoms with Crippen LogP contribution in [0.25, 0.3) is 0 Å². The first-order valence-corrected chi connectivity index (χ1v) is 5.23. The van der Waals surface area contributed by atoms with Crippen molar-refractivity contribution in [2.24, 2.45) is 5.73 Å². The number of nitrogens with two attached hydrogens (primary N) is 1. The van der Waals surface area contributed by atoms with E-state index in [2.05, 4.69) is 15.6 Å². The van der Waals surface area contributed by atoms with Crippen LogP contribution in [-0.2, 0) is 4.79 Å². The first-order chi connectivity index (χ1) is 7.13. The fraction of sp³-hybridized carbons (Fsp3) is 0.375. The third-order valence-corrected chi connectivity index (χ3v) is 2.21. The Hall–Kier alpha value is -1.47. The Balaban J connectivity index is 2.59. The molecule has 2 amide bonds. The van der Waals surface area contributed by atoms with Crippen molar-refractivity contribution < 1.29 is 9.59 Å². The van der Waals surface area contributed by atoms with Crippen LogP contribution in [0.3, 0.4) is 0 Å². The van der Waals surface area contributed by atoms with Crippen LogP contribution in [0.1, 0.15) is 17.4 Å². The highest BCUT2D eigenvalue weighted by atomic mass is 32.1. The summed E-state index contributed by atoms with van der Waals surface area (Å²) in [6, 6.07) is 0. The predicted octanol–water partition coefficient (Wildman–Crippen LogP) is -0.210. The molecule has 0 aromatic carbocycles. The molecular weight excluding hydrogens is 216 g/mol. The van der Waals surface area contributed by atoms with Gasteiger partial charge in [-0.2, -0.15) is 0 Å². The maximum absolute atomic E-state index is 11.4. The van der Waals surface area contributed by atoms with Gasteiger partial charge in [-0.05, 0) is 0 Å². The molecule has 0 atom stereocenters. The van der Waals surface area contributed by atoms with Crippen molar-refractivity contribution in [3.63, 3.8) is 0 Å². The molecule has 0 saturated heterocycles. The van der Waals surface area contributed by atoms with Gasteiger partial charge in [0.15, 0.2) is 5.13 Å². The van der Waals surface area contributed by atoms with E-state index in [1.165, 1.54) is 18.3 Å². The molecule has 0 aliphatic heterocycles. The van der Waals surface area contributed by atoms with Gasteiger partial charge in [0.05, 0.1) is 0 Å². The molecule has 0 radical (unpaired) electrons. The van der Waals surface area contributed by atoms with Gasteiger partial charge in [-0.1, -0.05) is 0 Å². The Morgan fingerprint density at radius 3 is 2.93 bits per heavy atom. The number of anilines is 1. The van der Waals surface area contributed by atoms with Crippen LogP contribution >= 0.6 is 11.3 Å². The standard InChI is InChI=1S/C8H12N4O2S/c1-5(13)11-8-12-6(4-15-8)7(14)10-3-2-9/h4H,2-3,9H2,1H3,(H,10,14)(H,11,12,13). The van der Waals surface area contributed by atoms with E-state index in [-0.39, 0.29) is 17.5 Å². The van der Waals surface area contributed by atoms with Crippen LogP contribution in [0, 0.1) is 0 Å². The third kappa shape index (κ3) is 3.64. The molecule has 1 rings (SSSR count). The molecule has 0 aliphatic carbocycles. The molecule has 15 heavy (non-hydrogen) atoms. The van der Waals surface area contributed by atoms with Crippen molar-refractivity contribution >= 4 is 28.3 Å². The minimum absolute atomic E-state index is 0.210. The summed E-state index contributed by atoms with van der Waals surface area (Å²) in [5.74, 6) is -0.494. The van der Waals surface area contributed by atoms with Gasteiger partial charge in [0.25, 0.3) is 5.91 Å². The molecule has 1 heterocycles. The highest BCUT2D eigenvalue weighted by Gasteiger charge is 2.10. The van der Waals surface area contributed by atoms with Crippen molar-refractivity contribution in [3.8, 4) is 0 Å². The van der Waals surface area contributed by atoms with Crippen molar-refractivity contribution in [1.82, 2.24) is 10.3 Å². The number of nitrogens with one attached hydrogen (secondary N) is 2. The van der Waals surface area contributed by atoms with Gasteiger partial charge in [-0.25, -0.2) is 4.98 Å². The number of amides is 2. The molecule has 7 heteroatoms. The summed E-state index contributed by atoms with van der Waals surface area (Å²) in [7, 11) is 0. The number of nitrogens with zero attached hydrogens (tertiary/aromatic N) is 1. The number of aromatic nitrogens is 1. The SMILES string of the molecule is CC(=O)Nc1nc(C(=O)NCCN)cs1. The predicted molar refractivity (Wildman–Crippen MR) is 57.8 cm³/mol. The van der Waals surface area contributed by atoms with Crippen LogP contribution in [0.4, 0.5) is 5.13 Å². The Morgan fingerprint density at radius 1 is 1.60 bits per heavy atom. The first kappa shape index (κ1) is 11.6. The number of hydrogen-bond acceptors (Lipinski definition) is 5. The third-order valence-electron chi connectivity index (χ3n) is 1.45. The second-order valence-electron chi connectivity index (χ2n) is 2.76. The lowest BCUT2D eigenvalue weighted by Crippen LogP contribution is -2.29. The van der Waals surface area contributed by atoms with Gasteiger partial charge in [-0.15, -0.1) is 11.3 Å². The van der Waals surface area contributed by atoms with Crippen LogP contribution < -0.4 is 16.4 Å². The molecule has 0 bridgehead atoms. The number of rotatable bonds is 4. The fourth-order valence-corrected chi connectivity index (χ4v) is 1.60. The molecule has 0 aliphatic rings. The van der Waals surface area contributed by atoms with Crippen molar-refractivity contribution in [1.29, 1.82) is 0 Å². The number of thiazole rings is 1. The van der Waals surface area contributed by atoms with Gasteiger partial charge in [-0.3, -0.25) is 9.59 Å². The maximum Gasteiger partial charge on any atom is 0.270 e. The lowest BCUT2D eigenvalue weighted by Gasteiger charge is -1.99. The van der Waals surface area contributed by atoms with Crippen molar-refractivity contribution in [3.05, 3.63) is 11.1 Å². The Kier molecular flexibility index (Phi) is 4.19. The first-order valence-electron chi connectivity index (χ1n) is 4.35. The summed E-state index contributed by atoms with van der Waals surface area (Å²) in [5.41, 5.74) is 5.53. The van der Waals surface area contributed by atoms with E-state index in [1.807, 2.05) is 0 Å². The fourth-order valence-electron chi connectivity index (χ4n) is 0.862. The Labute approximate surface area is 90.9 Å². The van der Waals surface area contributed by atoms with Crippen molar-refractivity contribution in [2.45, 2.75) is 6.92 Å². The Morgan fingerprint density at radius 2 is 2.33 bits per heavy atom. The van der Waals surface area contributed by atoms with Gasteiger partial charge in [0, 0.05) is 25.4 Å². The van der Waals surface area contributed by atoms with E-state index in [9.17, 15) is 9.59 Å². The Bertz CT molecular complexity index is 363. The second-order valence-corrected chi connectivity index (χ2v) is 3.62. The maximum atomic E-state index is 11.4. The minimum Gasteiger partial charge on any atom is -0.349 e. The molecular formula is C8H12N4O2S. The molecule has 1 aromatic rings. The quantitative estimate of drug-likeness (QED) is 0.664. The smallest absolute Gasteiger partial charge is 0.270 e. The lowest BCUT2D eigenvalue weighted by molar-refractivity contribution is -0.114. The zero-order chi connectivity index (χ0) is 11.3. The van der Waals surface area contributed by atoms with Crippen molar-refractivity contribution in [2.75, 3.05) is 18.4 Å². The van der Waals surface area contributed by atoms with Gasteiger partial charge >= 0.3 is 0 Å². The summed E-state index contributed by atoms with van der Waals surface area (Å²) < 4.78 is 0. The van der Waals surface area contributed by atoms with E-state index in [0.29, 0.717) is 18.2 Å². The largest absolute Gasteiger partial charge is 0.349 e. The molecule has 6 nitrogen and oxygen atoms in total. The van der Waals surface area contributed by atoms with E-state index >= 15 is 0 Å². The molecule has 82 valence electrons. The molecule has 1 aromatic heterocycles. The molecule has 0 fully saturated rings. The molecule has 0 saturated carbocycles. The summed E-state index contributed by atoms with van der Waals surface area (Å²) in [4.78, 5) is 26.0. The van der Waals surface area contributed by atoms with E-state index < -0.39 is 0 Å². The number of carbonyl (C=O) groups is 2. The zero-order valence-electron chi connectivity index (χ0n) is 8.24. The highest BCUT2D eigenvalue weighted by Crippen LogP contribution is 2.14. The van der Waals surface area contributed by atoms with Gasteiger partial charge in [0.2, 0.25) is 5.91 Å². The van der Waals surface area contributed by atoms with Crippen LogP contribution in [-0.4, -0.2) is 29.9 Å². The highest BCUT2D eigenvalue weighted by molar-refractivity contribution is 7.14. The minimum atomic E-state index is -0.284. The van der Waals surface area contributed by atoms with Gasteiger partial charge < -0.3 is 16.4 Å². The normalized spacial score (nSPS) is 9.73. The summed E-state index contributed by atoms with van der Waals surface area (Å²) in [6.45, 7) is 2.18. The number of hydrogen-bond donors (Lipinski definition) is 3. The topological polar surface area (TPSA) is 97.1 Å². The molecule has 0 unspecified atom stereocenters. The lowest BCUT2D eigenvalue weighted by atomic mass is 10.4. The summed E-state index contributed by atoms with van der Waals surface area (Å²) >= 11 is 1.20. The second kappa shape index (κ2) is 5.42. The monoisotopic (exact) mass is 228 g/mol. The van der Waals surface area contributed by atoms with Gasteiger partial charge in [0.1, 0.15) is 5.69 Å². The molecule has 4 N–H and O–H groups in total. The summed E-state index contributed by atoms with van der Waals surface area (Å²) in [5, 5.41) is 7.08. The van der Waals surface area contributed by atoms with E-state index in [0.717, 1.165) is 0 Å². The average Bonchev–Trinajstić information content (AvgIpc) is 2.61. The zero-order valence-corrected chi connectivity index (χ0v) is 9.06. The van der Waals surface area contributed by atoms with E-state index in [4.69, 9.17) is 5.73 Å². The van der Waals surface area contributed by atoms with Crippen LogP contribution in [0.15, 0.2) is 5.38 Å². The van der Waals surface area contributed by atoms with Crippen LogP contribution in [0.5, 0.6) is 0 Å².